The lowest BCUT2D eigenvalue weighted by Crippen LogP contribution is -2.36. The number of rotatable bonds is 7. The van der Waals surface area contributed by atoms with Crippen LogP contribution in [-0.2, 0) is 4.74 Å². The van der Waals surface area contributed by atoms with Gasteiger partial charge in [-0.3, -0.25) is 0 Å². The Labute approximate surface area is 125 Å². The minimum atomic E-state index is 0.105. The van der Waals surface area contributed by atoms with Crippen molar-refractivity contribution in [2.45, 2.75) is 83.0 Å². The first-order valence-corrected chi connectivity index (χ1v) is 8.66. The second-order valence-corrected chi connectivity index (χ2v) is 7.37. The molecule has 0 aromatic carbocycles. The van der Waals surface area contributed by atoms with E-state index in [1.807, 2.05) is 0 Å². The molecule has 3 nitrogen and oxygen atoms in total. The highest BCUT2D eigenvalue weighted by Crippen LogP contribution is 2.28. The van der Waals surface area contributed by atoms with Gasteiger partial charge in [0.05, 0.1) is 11.7 Å². The van der Waals surface area contributed by atoms with Crippen LogP contribution in [0.2, 0.25) is 0 Å². The Morgan fingerprint density at radius 1 is 1.15 bits per heavy atom. The van der Waals surface area contributed by atoms with Gasteiger partial charge in [-0.2, -0.15) is 0 Å². The molecule has 1 N–H and O–H groups in total. The van der Waals surface area contributed by atoms with Crippen LogP contribution < -0.4 is 5.32 Å². The van der Waals surface area contributed by atoms with Crippen LogP contribution in [0.4, 0.5) is 0 Å². The summed E-state index contributed by atoms with van der Waals surface area (Å²) in [6.45, 7) is 7.78. The minimum absolute atomic E-state index is 0.105. The Morgan fingerprint density at radius 2 is 1.90 bits per heavy atom. The maximum absolute atomic E-state index is 6.00. The summed E-state index contributed by atoms with van der Waals surface area (Å²) in [6.07, 6.45) is 11.2. The molecule has 0 spiro atoms. The molecule has 2 aliphatic rings. The SMILES string of the molecule is CN(CCCNCC1CCC(C)(C)O1)C1CCCCC1. The lowest BCUT2D eigenvalue weighted by atomic mass is 9.94. The highest BCUT2D eigenvalue weighted by Gasteiger charge is 2.31. The number of nitrogens with one attached hydrogen (secondary N) is 1. The van der Waals surface area contributed by atoms with Crippen LogP contribution in [0.5, 0.6) is 0 Å². The predicted octanol–water partition coefficient (Wildman–Crippen LogP) is 3.19. The second-order valence-electron chi connectivity index (χ2n) is 7.37. The van der Waals surface area contributed by atoms with Crippen LogP contribution in [0.25, 0.3) is 0 Å². The summed E-state index contributed by atoms with van der Waals surface area (Å²) in [4.78, 5) is 2.58. The standard InChI is InChI=1S/C17H34N2O/c1-17(2)11-10-16(20-17)14-18-12-7-13-19(3)15-8-5-4-6-9-15/h15-16,18H,4-14H2,1-3H3. The molecule has 1 atom stereocenters. The maximum atomic E-state index is 6.00. The highest BCUT2D eigenvalue weighted by atomic mass is 16.5. The van der Waals surface area contributed by atoms with Gasteiger partial charge < -0.3 is 15.0 Å². The van der Waals surface area contributed by atoms with Gasteiger partial charge in [0.2, 0.25) is 0 Å². The van der Waals surface area contributed by atoms with E-state index in [0.29, 0.717) is 6.10 Å². The van der Waals surface area contributed by atoms with E-state index < -0.39 is 0 Å². The van der Waals surface area contributed by atoms with Crippen molar-refractivity contribution in [1.82, 2.24) is 10.2 Å². The van der Waals surface area contributed by atoms with Crippen molar-refractivity contribution < 1.29 is 4.74 Å². The third-order valence-corrected chi connectivity index (χ3v) is 4.99. The van der Waals surface area contributed by atoms with Crippen molar-refractivity contribution in [2.24, 2.45) is 0 Å². The quantitative estimate of drug-likeness (QED) is 0.726. The fraction of sp³-hybridized carbons (Fsp3) is 1.00. The topological polar surface area (TPSA) is 24.5 Å². The number of ether oxygens (including phenoxy) is 1. The lowest BCUT2D eigenvalue weighted by molar-refractivity contribution is -0.0141. The van der Waals surface area contributed by atoms with E-state index in [0.717, 1.165) is 19.1 Å². The van der Waals surface area contributed by atoms with E-state index in [9.17, 15) is 0 Å². The summed E-state index contributed by atoms with van der Waals surface area (Å²) >= 11 is 0. The average molecular weight is 282 g/mol. The summed E-state index contributed by atoms with van der Waals surface area (Å²) in [5, 5.41) is 3.57. The third kappa shape index (κ3) is 5.34. The fourth-order valence-electron chi connectivity index (χ4n) is 3.64. The molecule has 0 aromatic rings. The van der Waals surface area contributed by atoms with Gasteiger partial charge in [-0.1, -0.05) is 19.3 Å². The Kier molecular flexibility index (Phi) is 6.31. The molecule has 1 aliphatic heterocycles. The number of hydrogen-bond acceptors (Lipinski definition) is 3. The summed E-state index contributed by atoms with van der Waals surface area (Å²) < 4.78 is 6.00. The monoisotopic (exact) mass is 282 g/mol. The number of hydrogen-bond donors (Lipinski definition) is 1. The Bertz CT molecular complexity index is 274. The van der Waals surface area contributed by atoms with Crippen molar-refractivity contribution in [3.63, 3.8) is 0 Å². The first-order chi connectivity index (χ1) is 9.57. The Morgan fingerprint density at radius 3 is 2.55 bits per heavy atom. The number of nitrogens with zero attached hydrogens (tertiary/aromatic N) is 1. The molecule has 1 saturated heterocycles. The van der Waals surface area contributed by atoms with Crippen LogP contribution in [-0.4, -0.2) is 49.3 Å². The molecule has 1 aliphatic carbocycles. The molecule has 1 heterocycles. The normalized spacial score (nSPS) is 27.3. The molecule has 2 rings (SSSR count). The van der Waals surface area contributed by atoms with Crippen LogP contribution in [0.3, 0.4) is 0 Å². The van der Waals surface area contributed by atoms with Gasteiger partial charge in [0.15, 0.2) is 0 Å². The zero-order valence-corrected chi connectivity index (χ0v) is 13.8. The summed E-state index contributed by atoms with van der Waals surface area (Å²) in [5.41, 5.74) is 0.105. The van der Waals surface area contributed by atoms with Gasteiger partial charge in [0.1, 0.15) is 0 Å². The summed E-state index contributed by atoms with van der Waals surface area (Å²) in [7, 11) is 2.30. The van der Waals surface area contributed by atoms with Gasteiger partial charge in [0, 0.05) is 12.6 Å². The van der Waals surface area contributed by atoms with Crippen molar-refractivity contribution in [1.29, 1.82) is 0 Å². The van der Waals surface area contributed by atoms with Gasteiger partial charge in [-0.05, 0) is 66.1 Å². The molecule has 2 fully saturated rings. The van der Waals surface area contributed by atoms with Gasteiger partial charge in [-0.25, -0.2) is 0 Å². The second kappa shape index (κ2) is 7.77. The van der Waals surface area contributed by atoms with E-state index in [2.05, 4.69) is 31.1 Å². The third-order valence-electron chi connectivity index (χ3n) is 4.99. The van der Waals surface area contributed by atoms with Crippen LogP contribution in [0.15, 0.2) is 0 Å². The van der Waals surface area contributed by atoms with Crippen molar-refractivity contribution in [3.8, 4) is 0 Å². The maximum Gasteiger partial charge on any atom is 0.0707 e. The van der Waals surface area contributed by atoms with Crippen molar-refractivity contribution >= 4 is 0 Å². The van der Waals surface area contributed by atoms with Crippen LogP contribution in [0.1, 0.15) is 65.2 Å². The minimum Gasteiger partial charge on any atom is -0.371 e. The zero-order chi connectivity index (χ0) is 14.4. The molecule has 0 amide bonds. The van der Waals surface area contributed by atoms with Gasteiger partial charge in [-0.15, -0.1) is 0 Å². The average Bonchev–Trinajstić information content (AvgIpc) is 2.78. The Hall–Kier alpha value is -0.120. The molecule has 0 bridgehead atoms. The van der Waals surface area contributed by atoms with Gasteiger partial charge in [0.25, 0.3) is 0 Å². The summed E-state index contributed by atoms with van der Waals surface area (Å²) in [5.74, 6) is 0. The van der Waals surface area contributed by atoms with E-state index >= 15 is 0 Å². The van der Waals surface area contributed by atoms with E-state index in [1.54, 1.807) is 0 Å². The van der Waals surface area contributed by atoms with Crippen molar-refractivity contribution in [3.05, 3.63) is 0 Å². The first kappa shape index (κ1) is 16.3. The molecule has 118 valence electrons. The van der Waals surface area contributed by atoms with E-state index in [-0.39, 0.29) is 5.60 Å². The Balaban J connectivity index is 1.49. The highest BCUT2D eigenvalue weighted by molar-refractivity contribution is 4.82. The first-order valence-electron chi connectivity index (χ1n) is 8.66. The fourth-order valence-corrected chi connectivity index (χ4v) is 3.64. The zero-order valence-electron chi connectivity index (χ0n) is 13.8. The largest absolute Gasteiger partial charge is 0.371 e. The molecule has 1 saturated carbocycles. The molecule has 0 radical (unpaired) electrons. The molecule has 0 aromatic heterocycles. The molecule has 3 heteroatoms. The van der Waals surface area contributed by atoms with Crippen LogP contribution >= 0.6 is 0 Å². The smallest absolute Gasteiger partial charge is 0.0707 e. The molecular weight excluding hydrogens is 248 g/mol. The molecule has 20 heavy (non-hydrogen) atoms. The van der Waals surface area contributed by atoms with Gasteiger partial charge >= 0.3 is 0 Å². The lowest BCUT2D eigenvalue weighted by Gasteiger charge is -2.31. The van der Waals surface area contributed by atoms with E-state index in [1.165, 1.54) is 57.9 Å². The summed E-state index contributed by atoms with van der Waals surface area (Å²) in [6, 6.07) is 0.850. The van der Waals surface area contributed by atoms with Crippen LogP contribution in [0, 0.1) is 0 Å². The predicted molar refractivity (Wildman–Crippen MR) is 85.2 cm³/mol. The molecular formula is C17H34N2O. The molecule has 1 unspecified atom stereocenters. The van der Waals surface area contributed by atoms with E-state index in [4.69, 9.17) is 4.74 Å². The van der Waals surface area contributed by atoms with Crippen molar-refractivity contribution in [2.75, 3.05) is 26.7 Å².